The first-order valence-electron chi connectivity index (χ1n) is 5.53. The lowest BCUT2D eigenvalue weighted by atomic mass is 10.2. The first-order chi connectivity index (χ1) is 8.74. The average molecular weight is 257 g/mol. The molecule has 0 atom stereocenters. The number of amides is 1. The normalized spacial score (nSPS) is 10.7. The van der Waals surface area contributed by atoms with E-state index in [2.05, 4.69) is 15.5 Å². The van der Waals surface area contributed by atoms with E-state index in [-0.39, 0.29) is 5.91 Å². The fourth-order valence-electron chi connectivity index (χ4n) is 1.82. The Kier molecular flexibility index (Phi) is 2.60. The number of benzene rings is 1. The Balaban J connectivity index is 1.91. The SMILES string of the molecule is Cc1[nH]nc2ccc(NC(=O)c3cccs3)cc12. The quantitative estimate of drug-likeness (QED) is 0.740. The Morgan fingerprint density at radius 2 is 2.28 bits per heavy atom. The Hall–Kier alpha value is -2.14. The highest BCUT2D eigenvalue weighted by Crippen LogP contribution is 2.21. The lowest BCUT2D eigenvalue weighted by Crippen LogP contribution is -2.09. The summed E-state index contributed by atoms with van der Waals surface area (Å²) in [7, 11) is 0. The third-order valence-corrected chi connectivity index (χ3v) is 3.62. The molecule has 2 aromatic heterocycles. The van der Waals surface area contributed by atoms with Crippen LogP contribution in [-0.2, 0) is 0 Å². The van der Waals surface area contributed by atoms with Gasteiger partial charge in [-0.1, -0.05) is 6.07 Å². The highest BCUT2D eigenvalue weighted by Gasteiger charge is 2.08. The maximum atomic E-state index is 11.9. The Morgan fingerprint density at radius 1 is 1.39 bits per heavy atom. The summed E-state index contributed by atoms with van der Waals surface area (Å²) in [5.74, 6) is -0.0782. The van der Waals surface area contributed by atoms with E-state index in [4.69, 9.17) is 0 Å². The number of hydrogen-bond donors (Lipinski definition) is 2. The molecule has 3 rings (SSSR count). The number of H-pyrrole nitrogens is 1. The molecule has 0 aliphatic heterocycles. The van der Waals surface area contributed by atoms with Gasteiger partial charge in [0.2, 0.25) is 0 Å². The zero-order valence-electron chi connectivity index (χ0n) is 9.73. The smallest absolute Gasteiger partial charge is 0.265 e. The third-order valence-electron chi connectivity index (χ3n) is 2.75. The minimum atomic E-state index is -0.0782. The fraction of sp³-hybridized carbons (Fsp3) is 0.0769. The molecule has 0 bridgehead atoms. The fourth-order valence-corrected chi connectivity index (χ4v) is 2.44. The Labute approximate surface area is 108 Å². The van der Waals surface area contributed by atoms with Crippen molar-refractivity contribution in [2.75, 3.05) is 5.32 Å². The number of hydrogen-bond acceptors (Lipinski definition) is 3. The van der Waals surface area contributed by atoms with E-state index < -0.39 is 0 Å². The Morgan fingerprint density at radius 3 is 3.06 bits per heavy atom. The predicted molar refractivity (Wildman–Crippen MR) is 73.1 cm³/mol. The van der Waals surface area contributed by atoms with Gasteiger partial charge in [0.1, 0.15) is 0 Å². The van der Waals surface area contributed by atoms with E-state index in [0.29, 0.717) is 4.88 Å². The van der Waals surface area contributed by atoms with Crippen LogP contribution >= 0.6 is 11.3 Å². The molecule has 18 heavy (non-hydrogen) atoms. The third kappa shape index (κ3) is 1.89. The lowest BCUT2D eigenvalue weighted by molar-refractivity contribution is 0.103. The van der Waals surface area contributed by atoms with Crippen molar-refractivity contribution in [3.8, 4) is 0 Å². The second kappa shape index (κ2) is 4.27. The maximum absolute atomic E-state index is 11.9. The minimum Gasteiger partial charge on any atom is -0.321 e. The molecule has 4 nitrogen and oxygen atoms in total. The molecule has 0 radical (unpaired) electrons. The van der Waals surface area contributed by atoms with Crippen molar-refractivity contribution in [2.24, 2.45) is 0 Å². The standard InChI is InChI=1S/C13H11N3OS/c1-8-10-7-9(4-5-11(10)16-15-8)14-13(17)12-3-2-6-18-12/h2-7H,1H3,(H,14,17)(H,15,16). The van der Waals surface area contributed by atoms with Gasteiger partial charge >= 0.3 is 0 Å². The summed E-state index contributed by atoms with van der Waals surface area (Å²) < 4.78 is 0. The zero-order chi connectivity index (χ0) is 12.5. The molecule has 1 amide bonds. The van der Waals surface area contributed by atoms with Gasteiger partial charge in [-0.2, -0.15) is 5.10 Å². The van der Waals surface area contributed by atoms with Crippen LogP contribution in [0.3, 0.4) is 0 Å². The number of rotatable bonds is 2. The molecule has 2 heterocycles. The minimum absolute atomic E-state index is 0.0782. The molecular formula is C13H11N3OS. The number of carbonyl (C=O) groups is 1. The molecule has 5 heteroatoms. The van der Waals surface area contributed by atoms with Crippen molar-refractivity contribution in [1.82, 2.24) is 10.2 Å². The van der Waals surface area contributed by atoms with Crippen molar-refractivity contribution in [1.29, 1.82) is 0 Å². The number of thiophene rings is 1. The van der Waals surface area contributed by atoms with Gasteiger partial charge in [0, 0.05) is 16.8 Å². The lowest BCUT2D eigenvalue weighted by Gasteiger charge is -2.03. The van der Waals surface area contributed by atoms with Crippen LogP contribution < -0.4 is 5.32 Å². The van der Waals surface area contributed by atoms with Gasteiger partial charge in [0.25, 0.3) is 5.91 Å². The van der Waals surface area contributed by atoms with Gasteiger partial charge in [0.05, 0.1) is 10.4 Å². The number of fused-ring (bicyclic) bond motifs is 1. The van der Waals surface area contributed by atoms with E-state index in [9.17, 15) is 4.79 Å². The van der Waals surface area contributed by atoms with Crippen molar-refractivity contribution in [3.05, 3.63) is 46.3 Å². The van der Waals surface area contributed by atoms with Crippen molar-refractivity contribution >= 4 is 33.8 Å². The molecule has 0 unspecified atom stereocenters. The van der Waals surface area contributed by atoms with Gasteiger partial charge in [-0.05, 0) is 36.6 Å². The maximum Gasteiger partial charge on any atom is 0.265 e. The molecule has 0 aliphatic carbocycles. The molecular weight excluding hydrogens is 246 g/mol. The number of aromatic amines is 1. The summed E-state index contributed by atoms with van der Waals surface area (Å²) in [4.78, 5) is 12.6. The summed E-state index contributed by atoms with van der Waals surface area (Å²) in [5.41, 5.74) is 2.68. The molecule has 90 valence electrons. The highest BCUT2D eigenvalue weighted by atomic mass is 32.1. The molecule has 0 fully saturated rings. The van der Waals surface area contributed by atoms with Crippen molar-refractivity contribution in [2.45, 2.75) is 6.92 Å². The second-order valence-electron chi connectivity index (χ2n) is 4.01. The number of aryl methyl sites for hydroxylation is 1. The van der Waals surface area contributed by atoms with E-state index in [1.807, 2.05) is 42.6 Å². The summed E-state index contributed by atoms with van der Waals surface area (Å²) in [6.07, 6.45) is 0. The van der Waals surface area contributed by atoms with Gasteiger partial charge < -0.3 is 5.32 Å². The second-order valence-corrected chi connectivity index (χ2v) is 4.96. The van der Waals surface area contributed by atoms with Crippen molar-refractivity contribution < 1.29 is 4.79 Å². The van der Waals surface area contributed by atoms with Gasteiger partial charge in [-0.15, -0.1) is 11.3 Å². The molecule has 0 spiro atoms. The number of carbonyl (C=O) groups excluding carboxylic acids is 1. The summed E-state index contributed by atoms with van der Waals surface area (Å²) in [6.45, 7) is 1.96. The van der Waals surface area contributed by atoms with Crippen LogP contribution in [0.4, 0.5) is 5.69 Å². The molecule has 0 saturated carbocycles. The van der Waals surface area contributed by atoms with E-state index >= 15 is 0 Å². The molecule has 0 saturated heterocycles. The topological polar surface area (TPSA) is 57.8 Å². The highest BCUT2D eigenvalue weighted by molar-refractivity contribution is 7.12. The largest absolute Gasteiger partial charge is 0.321 e. The number of aromatic nitrogens is 2. The van der Waals surface area contributed by atoms with Crippen LogP contribution in [-0.4, -0.2) is 16.1 Å². The van der Waals surface area contributed by atoms with Gasteiger partial charge in [-0.3, -0.25) is 9.89 Å². The number of anilines is 1. The van der Waals surface area contributed by atoms with Crippen molar-refractivity contribution in [3.63, 3.8) is 0 Å². The average Bonchev–Trinajstić information content (AvgIpc) is 3.00. The molecule has 2 N–H and O–H groups in total. The number of nitrogens with zero attached hydrogens (tertiary/aromatic N) is 1. The van der Waals surface area contributed by atoms with Gasteiger partial charge in [-0.25, -0.2) is 0 Å². The van der Waals surface area contributed by atoms with E-state index in [0.717, 1.165) is 22.3 Å². The van der Waals surface area contributed by atoms with Crippen LogP contribution in [0.2, 0.25) is 0 Å². The molecule has 1 aromatic carbocycles. The van der Waals surface area contributed by atoms with Crippen LogP contribution in [0.15, 0.2) is 35.7 Å². The van der Waals surface area contributed by atoms with Crippen LogP contribution in [0.25, 0.3) is 10.9 Å². The van der Waals surface area contributed by atoms with Crippen LogP contribution in [0, 0.1) is 6.92 Å². The molecule has 0 aliphatic rings. The van der Waals surface area contributed by atoms with Gasteiger partial charge in [0.15, 0.2) is 0 Å². The zero-order valence-corrected chi connectivity index (χ0v) is 10.5. The molecule has 3 aromatic rings. The Bertz CT molecular complexity index is 700. The summed E-state index contributed by atoms with van der Waals surface area (Å²) >= 11 is 1.43. The van der Waals surface area contributed by atoms with Crippen LogP contribution in [0.1, 0.15) is 15.4 Å². The summed E-state index contributed by atoms with van der Waals surface area (Å²) in [6, 6.07) is 9.35. The first kappa shape index (κ1) is 11.0. The number of nitrogens with one attached hydrogen (secondary N) is 2. The first-order valence-corrected chi connectivity index (χ1v) is 6.41. The summed E-state index contributed by atoms with van der Waals surface area (Å²) in [5, 5.41) is 12.9. The predicted octanol–water partition coefficient (Wildman–Crippen LogP) is 3.19. The van der Waals surface area contributed by atoms with E-state index in [1.165, 1.54) is 11.3 Å². The van der Waals surface area contributed by atoms with E-state index in [1.54, 1.807) is 0 Å². The van der Waals surface area contributed by atoms with Crippen LogP contribution in [0.5, 0.6) is 0 Å². The monoisotopic (exact) mass is 257 g/mol.